The number of aryl methyl sites for hydroxylation is 1. The summed E-state index contributed by atoms with van der Waals surface area (Å²) < 4.78 is 0. The number of nitrogens with zero attached hydrogens (tertiary/aromatic N) is 1. The molecule has 5 nitrogen and oxygen atoms in total. The molecule has 0 aliphatic rings. The number of carbonyl (C=O) groups is 1. The van der Waals surface area contributed by atoms with Crippen LogP contribution in [0.2, 0.25) is 0 Å². The molecule has 0 atom stereocenters. The third-order valence-corrected chi connectivity index (χ3v) is 2.86. The normalized spacial score (nSPS) is 10.5. The summed E-state index contributed by atoms with van der Waals surface area (Å²) in [6, 6.07) is 14.4. The van der Waals surface area contributed by atoms with Crippen LogP contribution in [-0.4, -0.2) is 23.8 Å². The van der Waals surface area contributed by atoms with E-state index in [1.54, 1.807) is 24.3 Å². The Hall–Kier alpha value is -2.82. The van der Waals surface area contributed by atoms with Crippen LogP contribution in [0.4, 0.5) is 5.69 Å². The van der Waals surface area contributed by atoms with Gasteiger partial charge in [-0.3, -0.25) is 4.79 Å². The second-order valence-corrected chi connectivity index (χ2v) is 4.56. The molecule has 0 aromatic heterocycles. The maximum Gasteiger partial charge on any atom is 0.259 e. The number of hydrogen-bond donors (Lipinski definition) is 3. The topological polar surface area (TPSA) is 73.7 Å². The predicted octanol–water partition coefficient (Wildman–Crippen LogP) is 2.26. The molecule has 0 unspecified atom stereocenters. The first-order valence-corrected chi connectivity index (χ1v) is 6.55. The van der Waals surface area contributed by atoms with Crippen LogP contribution >= 0.6 is 0 Å². The van der Waals surface area contributed by atoms with Gasteiger partial charge >= 0.3 is 0 Å². The molecule has 0 radical (unpaired) electrons. The van der Waals surface area contributed by atoms with Crippen molar-refractivity contribution in [2.75, 3.05) is 11.9 Å². The maximum atomic E-state index is 11.6. The number of para-hydroxylation sites is 1. The standard InChI is InChI=1S/C16H17N3O2/c1-12-5-2-3-8-15(12)17-11-16(21)19-18-10-13-6-4-7-14(20)9-13/h2-10,17,20H,11H2,1H3,(H,19,21). The Balaban J connectivity index is 1.81. The smallest absolute Gasteiger partial charge is 0.259 e. The number of benzene rings is 2. The molecular weight excluding hydrogens is 266 g/mol. The lowest BCUT2D eigenvalue weighted by molar-refractivity contribution is -0.119. The van der Waals surface area contributed by atoms with Crippen molar-refractivity contribution < 1.29 is 9.90 Å². The van der Waals surface area contributed by atoms with Gasteiger partial charge in [-0.1, -0.05) is 30.3 Å². The second kappa shape index (κ2) is 7.09. The van der Waals surface area contributed by atoms with E-state index in [0.29, 0.717) is 5.56 Å². The van der Waals surface area contributed by atoms with Gasteiger partial charge in [0.1, 0.15) is 5.75 Å². The molecule has 0 saturated carbocycles. The number of hydrazone groups is 1. The fourth-order valence-electron chi connectivity index (χ4n) is 1.77. The Kier molecular flexibility index (Phi) is 4.93. The molecule has 0 aliphatic carbocycles. The summed E-state index contributed by atoms with van der Waals surface area (Å²) in [6.07, 6.45) is 1.48. The van der Waals surface area contributed by atoms with Crippen molar-refractivity contribution in [3.8, 4) is 5.75 Å². The van der Waals surface area contributed by atoms with E-state index >= 15 is 0 Å². The monoisotopic (exact) mass is 283 g/mol. The van der Waals surface area contributed by atoms with E-state index in [4.69, 9.17) is 0 Å². The van der Waals surface area contributed by atoms with Gasteiger partial charge in [-0.25, -0.2) is 5.43 Å². The number of rotatable bonds is 5. The van der Waals surface area contributed by atoms with E-state index in [9.17, 15) is 9.90 Å². The number of aromatic hydroxyl groups is 1. The predicted molar refractivity (Wildman–Crippen MR) is 83.5 cm³/mol. The molecule has 2 aromatic carbocycles. The number of anilines is 1. The van der Waals surface area contributed by atoms with E-state index in [0.717, 1.165) is 11.3 Å². The molecular formula is C16H17N3O2. The van der Waals surface area contributed by atoms with Gasteiger partial charge in [-0.05, 0) is 36.2 Å². The minimum absolute atomic E-state index is 0.141. The van der Waals surface area contributed by atoms with E-state index in [1.807, 2.05) is 31.2 Å². The van der Waals surface area contributed by atoms with Crippen LogP contribution < -0.4 is 10.7 Å². The third-order valence-electron chi connectivity index (χ3n) is 2.86. The number of nitrogens with one attached hydrogen (secondary N) is 2. The van der Waals surface area contributed by atoms with E-state index in [-0.39, 0.29) is 18.2 Å². The lowest BCUT2D eigenvalue weighted by Gasteiger charge is -2.07. The van der Waals surface area contributed by atoms with Gasteiger partial charge in [0.15, 0.2) is 0 Å². The van der Waals surface area contributed by atoms with Crippen molar-refractivity contribution in [2.45, 2.75) is 6.92 Å². The fourth-order valence-corrected chi connectivity index (χ4v) is 1.77. The zero-order valence-corrected chi connectivity index (χ0v) is 11.7. The number of amides is 1. The maximum absolute atomic E-state index is 11.6. The number of phenolic OH excluding ortho intramolecular Hbond substituents is 1. The molecule has 0 aliphatic heterocycles. The molecule has 108 valence electrons. The Morgan fingerprint density at radius 2 is 2.05 bits per heavy atom. The quantitative estimate of drug-likeness (QED) is 0.582. The summed E-state index contributed by atoms with van der Waals surface area (Å²) in [5, 5.41) is 16.2. The van der Waals surface area contributed by atoms with Crippen molar-refractivity contribution in [1.82, 2.24) is 5.43 Å². The molecule has 0 bridgehead atoms. The average Bonchev–Trinajstić information content (AvgIpc) is 2.46. The third kappa shape index (κ3) is 4.65. The highest BCUT2D eigenvalue weighted by atomic mass is 16.3. The molecule has 0 spiro atoms. The molecule has 3 N–H and O–H groups in total. The van der Waals surface area contributed by atoms with Crippen molar-refractivity contribution in [3.05, 3.63) is 59.7 Å². The molecule has 0 heterocycles. The van der Waals surface area contributed by atoms with Crippen molar-refractivity contribution >= 4 is 17.8 Å². The molecule has 2 rings (SSSR count). The van der Waals surface area contributed by atoms with Gasteiger partial charge in [0.2, 0.25) is 0 Å². The highest BCUT2D eigenvalue weighted by Gasteiger charge is 2.01. The second-order valence-electron chi connectivity index (χ2n) is 4.56. The van der Waals surface area contributed by atoms with Crippen LogP contribution in [0.25, 0.3) is 0 Å². The minimum Gasteiger partial charge on any atom is -0.508 e. The van der Waals surface area contributed by atoms with Gasteiger partial charge in [0.05, 0.1) is 12.8 Å². The molecule has 1 amide bonds. The average molecular weight is 283 g/mol. The highest BCUT2D eigenvalue weighted by molar-refractivity contribution is 5.84. The lowest BCUT2D eigenvalue weighted by atomic mass is 10.2. The van der Waals surface area contributed by atoms with Crippen molar-refractivity contribution in [1.29, 1.82) is 0 Å². The van der Waals surface area contributed by atoms with Crippen LogP contribution in [0.15, 0.2) is 53.6 Å². The Morgan fingerprint density at radius 3 is 2.81 bits per heavy atom. The first kappa shape index (κ1) is 14.6. The summed E-state index contributed by atoms with van der Waals surface area (Å²) in [4.78, 5) is 11.6. The first-order chi connectivity index (χ1) is 10.1. The summed E-state index contributed by atoms with van der Waals surface area (Å²) in [5.41, 5.74) is 5.14. The van der Waals surface area contributed by atoms with Gasteiger partial charge in [-0.15, -0.1) is 0 Å². The van der Waals surface area contributed by atoms with Crippen molar-refractivity contribution in [3.63, 3.8) is 0 Å². The Bertz CT molecular complexity index is 653. The summed E-state index contributed by atoms with van der Waals surface area (Å²) >= 11 is 0. The lowest BCUT2D eigenvalue weighted by Crippen LogP contribution is -2.26. The zero-order chi connectivity index (χ0) is 15.1. The van der Waals surface area contributed by atoms with Gasteiger partial charge < -0.3 is 10.4 Å². The number of hydrogen-bond acceptors (Lipinski definition) is 4. The molecule has 21 heavy (non-hydrogen) atoms. The van der Waals surface area contributed by atoms with Crippen LogP contribution in [0.1, 0.15) is 11.1 Å². The van der Waals surface area contributed by atoms with E-state index in [1.165, 1.54) is 6.21 Å². The zero-order valence-electron chi connectivity index (χ0n) is 11.7. The summed E-state index contributed by atoms with van der Waals surface area (Å²) in [6.45, 7) is 2.11. The molecule has 5 heteroatoms. The summed E-state index contributed by atoms with van der Waals surface area (Å²) in [5.74, 6) is -0.0823. The first-order valence-electron chi connectivity index (χ1n) is 6.55. The number of phenols is 1. The van der Waals surface area contributed by atoms with Crippen LogP contribution in [0.3, 0.4) is 0 Å². The molecule has 2 aromatic rings. The Labute approximate surface area is 123 Å². The van der Waals surface area contributed by atoms with Crippen molar-refractivity contribution in [2.24, 2.45) is 5.10 Å². The van der Waals surface area contributed by atoms with E-state index < -0.39 is 0 Å². The van der Waals surface area contributed by atoms with Crippen LogP contribution in [0.5, 0.6) is 5.75 Å². The minimum atomic E-state index is -0.241. The van der Waals surface area contributed by atoms with Gasteiger partial charge in [0, 0.05) is 5.69 Å². The molecule has 0 fully saturated rings. The fraction of sp³-hybridized carbons (Fsp3) is 0.125. The van der Waals surface area contributed by atoms with Gasteiger partial charge in [0.25, 0.3) is 5.91 Å². The summed E-state index contributed by atoms with van der Waals surface area (Å²) in [7, 11) is 0. The van der Waals surface area contributed by atoms with Crippen LogP contribution in [-0.2, 0) is 4.79 Å². The van der Waals surface area contributed by atoms with E-state index in [2.05, 4.69) is 15.8 Å². The Morgan fingerprint density at radius 1 is 1.24 bits per heavy atom. The highest BCUT2D eigenvalue weighted by Crippen LogP contribution is 2.12. The number of carbonyl (C=O) groups excluding carboxylic acids is 1. The molecule has 0 saturated heterocycles. The SMILES string of the molecule is Cc1ccccc1NCC(=O)NN=Cc1cccc(O)c1. The largest absolute Gasteiger partial charge is 0.508 e. The van der Waals surface area contributed by atoms with Gasteiger partial charge in [-0.2, -0.15) is 5.10 Å². The van der Waals surface area contributed by atoms with Crippen LogP contribution in [0, 0.1) is 6.92 Å².